The third kappa shape index (κ3) is 10.6. The highest BCUT2D eigenvalue weighted by atomic mass is 32.2. The number of hydrogen-bond acceptors (Lipinski definition) is 13. The van der Waals surface area contributed by atoms with Crippen LogP contribution in [-0.2, 0) is 10.0 Å². The van der Waals surface area contributed by atoms with E-state index >= 15 is 0 Å². The number of nitro groups is 1. The van der Waals surface area contributed by atoms with E-state index < -0.39 is 37.0 Å². The van der Waals surface area contributed by atoms with Crippen LogP contribution in [0.25, 0.3) is 11.0 Å². The molecule has 3 aliphatic heterocycles. The minimum atomic E-state index is -4.62. The van der Waals surface area contributed by atoms with E-state index in [1.165, 1.54) is 42.5 Å². The Hall–Kier alpha value is -5.75. The van der Waals surface area contributed by atoms with E-state index in [0.717, 1.165) is 88.5 Å². The number of aliphatic hydroxyl groups is 1. The molecule has 0 radical (unpaired) electrons. The molecule has 0 bridgehead atoms. The molecule has 0 unspecified atom stereocenters. The van der Waals surface area contributed by atoms with Crippen molar-refractivity contribution in [1.29, 1.82) is 0 Å². The molecule has 378 valence electrons. The Kier molecular flexibility index (Phi) is 13.8. The van der Waals surface area contributed by atoms with E-state index in [4.69, 9.17) is 14.5 Å². The third-order valence-electron chi connectivity index (χ3n) is 16.2. The Morgan fingerprint density at radius 3 is 2.45 bits per heavy atom. The fourth-order valence-corrected chi connectivity index (χ4v) is 12.8. The molecule has 17 heteroatoms. The molecule has 16 nitrogen and oxygen atoms in total. The molecular formula is C54H68N8O8S. The summed E-state index contributed by atoms with van der Waals surface area (Å²) < 4.78 is 43.0. The molecule has 3 saturated heterocycles. The minimum absolute atomic E-state index is 0.0504. The SMILES string of the molecule is CC(C)c1ccccc1[C@H]1CCC[C@H]1N1CC2(CCN(c3ccc(C(=O)NS(=O)(=O)c4ccc(NCC5CCC(C)(O)CC5)c([N+](=O)[O-])c4)c(Oc4cc5cc[nH]c5nc4OCCN4CCC4)c3)CC2)C1. The molecule has 5 aromatic rings. The summed E-state index contributed by atoms with van der Waals surface area (Å²) in [6.45, 7) is 13.7. The number of piperidine rings is 1. The average Bonchev–Trinajstić information content (AvgIpc) is 4.01. The van der Waals surface area contributed by atoms with Crippen LogP contribution >= 0.6 is 0 Å². The van der Waals surface area contributed by atoms with Gasteiger partial charge in [-0.3, -0.25) is 24.7 Å². The van der Waals surface area contributed by atoms with Crippen LogP contribution < -0.4 is 24.4 Å². The molecule has 2 saturated carbocycles. The summed E-state index contributed by atoms with van der Waals surface area (Å²) in [5.41, 5.74) is 3.66. The number of nitro benzene ring substituents is 1. The number of rotatable bonds is 17. The van der Waals surface area contributed by atoms with Crippen LogP contribution in [0.1, 0.15) is 118 Å². The predicted octanol–water partition coefficient (Wildman–Crippen LogP) is 9.18. The number of pyridine rings is 1. The molecule has 1 amide bonds. The van der Waals surface area contributed by atoms with Crippen LogP contribution in [0.3, 0.4) is 0 Å². The normalized spacial score (nSPS) is 23.6. The summed E-state index contributed by atoms with van der Waals surface area (Å²) >= 11 is 0. The number of amides is 1. The van der Waals surface area contributed by atoms with Crippen LogP contribution in [0.2, 0.25) is 0 Å². The van der Waals surface area contributed by atoms with Gasteiger partial charge in [0.1, 0.15) is 23.7 Å². The van der Waals surface area contributed by atoms with Gasteiger partial charge < -0.3 is 29.8 Å². The van der Waals surface area contributed by atoms with Crippen LogP contribution in [0.15, 0.2) is 83.9 Å². The molecule has 4 N–H and O–H groups in total. The van der Waals surface area contributed by atoms with Gasteiger partial charge in [0.15, 0.2) is 5.75 Å². The zero-order chi connectivity index (χ0) is 49.5. The van der Waals surface area contributed by atoms with Gasteiger partial charge in [-0.2, -0.15) is 4.98 Å². The van der Waals surface area contributed by atoms with Gasteiger partial charge >= 0.3 is 0 Å². The molecule has 71 heavy (non-hydrogen) atoms. The molecule has 5 aliphatic rings. The highest BCUT2D eigenvalue weighted by molar-refractivity contribution is 7.90. The van der Waals surface area contributed by atoms with Crippen LogP contribution in [0.5, 0.6) is 17.4 Å². The average molecular weight is 989 g/mol. The van der Waals surface area contributed by atoms with Crippen molar-refractivity contribution in [3.05, 3.63) is 106 Å². The molecule has 1 spiro atoms. The van der Waals surface area contributed by atoms with Crippen molar-refractivity contribution in [3.8, 4) is 17.4 Å². The lowest BCUT2D eigenvalue weighted by molar-refractivity contribution is -0.384. The van der Waals surface area contributed by atoms with E-state index in [9.17, 15) is 28.4 Å². The molecule has 5 fully saturated rings. The van der Waals surface area contributed by atoms with Gasteiger partial charge in [0.05, 0.1) is 21.0 Å². The monoisotopic (exact) mass is 988 g/mol. The van der Waals surface area contributed by atoms with E-state index in [1.807, 2.05) is 19.1 Å². The zero-order valence-corrected chi connectivity index (χ0v) is 42.0. The lowest BCUT2D eigenvalue weighted by atomic mass is 9.70. The summed E-state index contributed by atoms with van der Waals surface area (Å²) in [4.78, 5) is 40.7. The van der Waals surface area contributed by atoms with Gasteiger partial charge in [-0.15, -0.1) is 0 Å². The smallest absolute Gasteiger partial charge is 0.293 e. The molecule has 2 aromatic heterocycles. The lowest BCUT2D eigenvalue weighted by Gasteiger charge is -2.57. The topological polar surface area (TPSA) is 195 Å². The number of carbonyl (C=O) groups excluding carboxylic acids is 1. The minimum Gasteiger partial charge on any atom is -0.474 e. The van der Waals surface area contributed by atoms with Crippen LogP contribution in [-0.4, -0.2) is 115 Å². The standard InChI is InChI=1S/C54H68N8O8S/c1-36(2)41-8-4-5-9-42(41)43-10-6-11-46(43)61-34-54(35-61)21-26-60(27-22-54)39-12-14-44(48(31-39)70-49-30-38-18-23-55-50(38)57-52(49)69-29-28-59-24-7-25-59)51(63)58-71(67,68)40-13-15-45(47(32-40)62(65)66)56-33-37-16-19-53(3,64)20-17-37/h4-5,8-9,12-15,18,23,30-32,36-37,43,46,56,64H,6-7,10-11,16-17,19-22,24-29,33-35H2,1-3H3,(H,55,57)(H,58,63)/t37?,43-,46-,53?/m1/s1. The van der Waals surface area contributed by atoms with Crippen molar-refractivity contribution in [2.75, 3.05) is 69.2 Å². The third-order valence-corrected chi connectivity index (χ3v) is 17.5. The van der Waals surface area contributed by atoms with Gasteiger partial charge in [-0.1, -0.05) is 44.5 Å². The predicted molar refractivity (Wildman–Crippen MR) is 274 cm³/mol. The Morgan fingerprint density at radius 2 is 1.72 bits per heavy atom. The van der Waals surface area contributed by atoms with Crippen molar-refractivity contribution < 1.29 is 32.7 Å². The number of carbonyl (C=O) groups is 1. The van der Waals surface area contributed by atoms with E-state index in [2.05, 4.69) is 67.8 Å². The summed E-state index contributed by atoms with van der Waals surface area (Å²) in [5, 5.41) is 26.5. The van der Waals surface area contributed by atoms with Crippen molar-refractivity contribution >= 4 is 44.0 Å². The first-order valence-corrected chi connectivity index (χ1v) is 27.2. The number of aromatic amines is 1. The number of sulfonamides is 1. The maximum atomic E-state index is 14.3. The van der Waals surface area contributed by atoms with Crippen molar-refractivity contribution in [2.24, 2.45) is 11.3 Å². The maximum Gasteiger partial charge on any atom is 0.293 e. The first-order valence-electron chi connectivity index (χ1n) is 25.7. The number of fused-ring (bicyclic) bond motifs is 1. The number of aromatic nitrogens is 2. The molecular weight excluding hydrogens is 921 g/mol. The number of H-pyrrole nitrogens is 1. The van der Waals surface area contributed by atoms with Gasteiger partial charge in [-0.05, 0) is 148 Å². The maximum absolute atomic E-state index is 14.3. The zero-order valence-electron chi connectivity index (χ0n) is 41.2. The summed E-state index contributed by atoms with van der Waals surface area (Å²) in [6.07, 6.45) is 11.5. The Balaban J connectivity index is 0.874. The number of ether oxygens (including phenoxy) is 2. The number of hydrogen-bond donors (Lipinski definition) is 4. The highest BCUT2D eigenvalue weighted by Crippen LogP contribution is 2.49. The second kappa shape index (κ2) is 20.0. The van der Waals surface area contributed by atoms with Gasteiger partial charge in [0.2, 0.25) is 0 Å². The number of nitrogens with zero attached hydrogens (tertiary/aromatic N) is 5. The van der Waals surface area contributed by atoms with Gasteiger partial charge in [0, 0.05) is 74.7 Å². The molecule has 3 aromatic carbocycles. The molecule has 10 rings (SSSR count). The van der Waals surface area contributed by atoms with Crippen molar-refractivity contribution in [2.45, 2.75) is 113 Å². The van der Waals surface area contributed by atoms with E-state index in [1.54, 1.807) is 24.4 Å². The number of anilines is 2. The number of benzene rings is 3. The van der Waals surface area contributed by atoms with Crippen LogP contribution in [0.4, 0.5) is 17.1 Å². The largest absolute Gasteiger partial charge is 0.474 e. The van der Waals surface area contributed by atoms with Crippen molar-refractivity contribution in [1.82, 2.24) is 24.5 Å². The van der Waals surface area contributed by atoms with Crippen LogP contribution in [0, 0.1) is 21.4 Å². The fourth-order valence-electron chi connectivity index (χ4n) is 11.8. The van der Waals surface area contributed by atoms with E-state index in [0.29, 0.717) is 56.1 Å². The Labute approximate surface area is 416 Å². The summed E-state index contributed by atoms with van der Waals surface area (Å²) in [6, 6.07) is 22.0. The fraction of sp³-hybridized carbons (Fsp3) is 0.519. The molecule has 5 heterocycles. The molecule has 2 aliphatic carbocycles. The second-order valence-electron chi connectivity index (χ2n) is 21.5. The molecule has 2 atom stereocenters. The number of nitrogens with one attached hydrogen (secondary N) is 3. The Bertz CT molecular complexity index is 2860. The first kappa shape index (κ1) is 48.9. The van der Waals surface area contributed by atoms with Crippen molar-refractivity contribution in [3.63, 3.8) is 0 Å². The summed E-state index contributed by atoms with van der Waals surface area (Å²) in [5.74, 6) is 0.893. The highest BCUT2D eigenvalue weighted by Gasteiger charge is 2.49. The Morgan fingerprint density at radius 1 is 0.944 bits per heavy atom. The lowest BCUT2D eigenvalue weighted by Crippen LogP contribution is -2.63. The first-order chi connectivity index (χ1) is 34.1. The number of likely N-dealkylation sites (tertiary alicyclic amines) is 2. The quantitative estimate of drug-likeness (QED) is 0.0509. The summed E-state index contributed by atoms with van der Waals surface area (Å²) in [7, 11) is -4.62. The van der Waals surface area contributed by atoms with E-state index in [-0.39, 0.29) is 40.0 Å². The second-order valence-corrected chi connectivity index (χ2v) is 23.2. The van der Waals surface area contributed by atoms with Gasteiger partial charge in [0.25, 0.3) is 27.5 Å². The van der Waals surface area contributed by atoms with Gasteiger partial charge in [-0.25, -0.2) is 13.1 Å².